The fourth-order valence-corrected chi connectivity index (χ4v) is 6.59. The van der Waals surface area contributed by atoms with E-state index in [0.29, 0.717) is 28.0 Å². The summed E-state index contributed by atoms with van der Waals surface area (Å²) in [6, 6.07) is 13.6. The van der Waals surface area contributed by atoms with Gasteiger partial charge < -0.3 is 5.32 Å². The Kier molecular flexibility index (Phi) is 6.80. The Labute approximate surface area is 217 Å². The lowest BCUT2D eigenvalue weighted by Gasteiger charge is -2.34. The number of sulfone groups is 1. The van der Waals surface area contributed by atoms with Crippen molar-refractivity contribution in [3.05, 3.63) is 63.7 Å². The van der Waals surface area contributed by atoms with Gasteiger partial charge in [0, 0.05) is 29.8 Å². The van der Waals surface area contributed by atoms with Gasteiger partial charge in [-0.25, -0.2) is 8.42 Å². The predicted octanol–water partition coefficient (Wildman–Crippen LogP) is 4.33. The summed E-state index contributed by atoms with van der Waals surface area (Å²) in [4.78, 5) is 12.6. The minimum absolute atomic E-state index is 0.0834. The van der Waals surface area contributed by atoms with Gasteiger partial charge in [-0.15, -0.1) is 0 Å². The minimum atomic E-state index is -3.13. The number of carbonyl (C=O) groups excluding carboxylic acids is 1. The minimum Gasteiger partial charge on any atom is -0.351 e. The number of aryl methyl sites for hydroxylation is 1. The number of fused-ring (bicyclic) bond motifs is 3. The van der Waals surface area contributed by atoms with Crippen molar-refractivity contribution in [1.82, 2.24) is 5.32 Å². The van der Waals surface area contributed by atoms with Crippen molar-refractivity contribution in [2.24, 2.45) is 16.9 Å². The summed E-state index contributed by atoms with van der Waals surface area (Å²) >= 11 is 6.39. The standard InChI is InChI=1S/C27H29ClN4O3S/c1-36(34,35)13-12-30-27(33)19-8-10-22-18(14-19)7-11-23-25(22)31-32(26(23)17-4-2-3-5-17)21-9-6-20(16-29)24(28)15-21/h6,8-10,14-15,17,23,26H,2-5,7,11-13H2,1H3,(H,30,33)/t23-,26-/m0/s1. The van der Waals surface area contributed by atoms with Crippen molar-refractivity contribution < 1.29 is 13.2 Å². The number of halogens is 1. The smallest absolute Gasteiger partial charge is 0.251 e. The molecule has 0 radical (unpaired) electrons. The molecule has 1 aliphatic heterocycles. The van der Waals surface area contributed by atoms with E-state index < -0.39 is 9.84 Å². The molecule has 0 spiro atoms. The second-order valence-corrected chi connectivity index (χ2v) is 12.7. The third-order valence-electron chi connectivity index (χ3n) is 7.61. The summed E-state index contributed by atoms with van der Waals surface area (Å²) in [6.45, 7) is 0.0920. The Bertz CT molecular complexity index is 1380. The average Bonchev–Trinajstić information content (AvgIpc) is 3.50. The van der Waals surface area contributed by atoms with Gasteiger partial charge in [0.05, 0.1) is 33.8 Å². The van der Waals surface area contributed by atoms with Gasteiger partial charge >= 0.3 is 0 Å². The lowest BCUT2D eigenvalue weighted by Crippen LogP contribution is -2.40. The number of nitrogens with zero attached hydrogens (tertiary/aromatic N) is 3. The van der Waals surface area contributed by atoms with Gasteiger partial charge in [0.1, 0.15) is 15.9 Å². The van der Waals surface area contributed by atoms with E-state index in [9.17, 15) is 18.5 Å². The Hall–Kier alpha value is -2.89. The van der Waals surface area contributed by atoms with Crippen LogP contribution in [0.5, 0.6) is 0 Å². The molecule has 9 heteroatoms. The van der Waals surface area contributed by atoms with Crippen molar-refractivity contribution in [2.75, 3.05) is 23.6 Å². The van der Waals surface area contributed by atoms with Crippen LogP contribution in [0.15, 0.2) is 41.5 Å². The third-order valence-corrected chi connectivity index (χ3v) is 8.87. The van der Waals surface area contributed by atoms with Crippen LogP contribution in [0.2, 0.25) is 5.02 Å². The normalized spacial score (nSPS) is 21.5. The Morgan fingerprint density at radius 3 is 2.67 bits per heavy atom. The number of nitrogens with one attached hydrogen (secondary N) is 1. The van der Waals surface area contributed by atoms with Crippen molar-refractivity contribution in [2.45, 2.75) is 44.6 Å². The van der Waals surface area contributed by atoms with Crippen LogP contribution < -0.4 is 10.3 Å². The highest BCUT2D eigenvalue weighted by molar-refractivity contribution is 7.90. The Morgan fingerprint density at radius 1 is 1.19 bits per heavy atom. The number of anilines is 1. The molecule has 2 aliphatic carbocycles. The Balaban J connectivity index is 1.45. The molecule has 1 saturated carbocycles. The summed E-state index contributed by atoms with van der Waals surface area (Å²) in [5, 5.41) is 19.7. The van der Waals surface area contributed by atoms with Crippen LogP contribution in [0.1, 0.15) is 59.2 Å². The van der Waals surface area contributed by atoms with Gasteiger partial charge in [0.2, 0.25) is 0 Å². The monoisotopic (exact) mass is 524 g/mol. The number of benzene rings is 2. The molecule has 1 fully saturated rings. The number of hydrazone groups is 1. The van der Waals surface area contributed by atoms with Crippen LogP contribution in [0, 0.1) is 23.2 Å². The molecule has 0 unspecified atom stereocenters. The number of nitriles is 1. The van der Waals surface area contributed by atoms with E-state index in [1.807, 2.05) is 24.3 Å². The SMILES string of the molecule is CS(=O)(=O)CCNC(=O)c1ccc2c(c1)CC[C@H]1C2=NN(c2ccc(C#N)c(Cl)c2)[C@H]1C1CCCC1. The highest BCUT2D eigenvalue weighted by Crippen LogP contribution is 2.45. The fraction of sp³-hybridized carbons (Fsp3) is 0.444. The number of hydrogen-bond donors (Lipinski definition) is 1. The largest absolute Gasteiger partial charge is 0.351 e. The lowest BCUT2D eigenvalue weighted by molar-refractivity contribution is 0.0956. The van der Waals surface area contributed by atoms with Crippen LogP contribution in [-0.4, -0.2) is 44.6 Å². The average molecular weight is 525 g/mol. The first kappa shape index (κ1) is 24.8. The molecule has 2 aromatic carbocycles. The fourth-order valence-electron chi connectivity index (χ4n) is 5.90. The number of hydrogen-bond acceptors (Lipinski definition) is 6. The topological polar surface area (TPSA) is 103 Å². The van der Waals surface area contributed by atoms with Gasteiger partial charge in [-0.1, -0.05) is 30.5 Å². The molecule has 7 nitrogen and oxygen atoms in total. The first-order valence-corrected chi connectivity index (χ1v) is 14.9. The van der Waals surface area contributed by atoms with E-state index in [1.54, 1.807) is 12.1 Å². The van der Waals surface area contributed by atoms with E-state index in [1.165, 1.54) is 25.7 Å². The summed E-state index contributed by atoms with van der Waals surface area (Å²) in [6.07, 6.45) is 7.80. The van der Waals surface area contributed by atoms with E-state index in [-0.39, 0.29) is 24.2 Å². The van der Waals surface area contributed by atoms with E-state index in [0.717, 1.165) is 41.6 Å². The molecule has 1 N–H and O–H groups in total. The number of rotatable bonds is 6. The molecule has 1 heterocycles. The highest BCUT2D eigenvalue weighted by Gasteiger charge is 2.45. The summed E-state index contributed by atoms with van der Waals surface area (Å²) in [5.41, 5.74) is 5.10. The molecule has 0 saturated heterocycles. The maximum Gasteiger partial charge on any atom is 0.251 e. The molecule has 0 bridgehead atoms. The lowest BCUT2D eigenvalue weighted by atomic mass is 9.74. The van der Waals surface area contributed by atoms with Crippen molar-refractivity contribution in [3.8, 4) is 6.07 Å². The molecule has 1 amide bonds. The molecule has 0 aromatic heterocycles. The second kappa shape index (κ2) is 9.87. The number of amides is 1. The predicted molar refractivity (Wildman–Crippen MR) is 141 cm³/mol. The van der Waals surface area contributed by atoms with Crippen LogP contribution >= 0.6 is 11.6 Å². The third kappa shape index (κ3) is 4.87. The van der Waals surface area contributed by atoms with Crippen LogP contribution in [0.4, 0.5) is 5.69 Å². The van der Waals surface area contributed by atoms with Crippen molar-refractivity contribution >= 4 is 38.7 Å². The maximum atomic E-state index is 12.6. The van der Waals surface area contributed by atoms with Crippen LogP contribution in [0.25, 0.3) is 0 Å². The van der Waals surface area contributed by atoms with E-state index >= 15 is 0 Å². The molecular weight excluding hydrogens is 496 g/mol. The summed E-state index contributed by atoms with van der Waals surface area (Å²) in [5.74, 6) is 0.492. The van der Waals surface area contributed by atoms with Gasteiger partial charge in [0.15, 0.2) is 0 Å². The summed E-state index contributed by atoms with van der Waals surface area (Å²) in [7, 11) is -3.13. The molecular formula is C27H29ClN4O3S. The zero-order chi connectivity index (χ0) is 25.4. The van der Waals surface area contributed by atoms with Crippen LogP contribution in [-0.2, 0) is 16.3 Å². The molecule has 36 heavy (non-hydrogen) atoms. The molecule has 188 valence electrons. The first-order valence-electron chi connectivity index (χ1n) is 12.4. The van der Waals surface area contributed by atoms with Gasteiger partial charge in [-0.05, 0) is 67.5 Å². The van der Waals surface area contributed by atoms with E-state index in [2.05, 4.69) is 16.4 Å². The summed E-state index contributed by atoms with van der Waals surface area (Å²) < 4.78 is 22.7. The van der Waals surface area contributed by atoms with Gasteiger partial charge in [-0.3, -0.25) is 9.80 Å². The molecule has 2 atom stereocenters. The van der Waals surface area contributed by atoms with Crippen molar-refractivity contribution in [1.29, 1.82) is 5.26 Å². The number of carbonyl (C=O) groups is 1. The first-order chi connectivity index (χ1) is 17.2. The Morgan fingerprint density at radius 2 is 1.97 bits per heavy atom. The van der Waals surface area contributed by atoms with E-state index in [4.69, 9.17) is 16.7 Å². The quantitative estimate of drug-likeness (QED) is 0.605. The van der Waals surface area contributed by atoms with Crippen molar-refractivity contribution in [3.63, 3.8) is 0 Å². The molecule has 5 rings (SSSR count). The van der Waals surface area contributed by atoms with Gasteiger partial charge in [0.25, 0.3) is 5.91 Å². The van der Waals surface area contributed by atoms with Crippen LogP contribution in [0.3, 0.4) is 0 Å². The zero-order valence-corrected chi connectivity index (χ0v) is 21.8. The second-order valence-electron chi connectivity index (χ2n) is 10.0. The van der Waals surface area contributed by atoms with Gasteiger partial charge in [-0.2, -0.15) is 10.4 Å². The zero-order valence-electron chi connectivity index (χ0n) is 20.2. The maximum absolute atomic E-state index is 12.6. The highest BCUT2D eigenvalue weighted by atomic mass is 35.5. The molecule has 3 aliphatic rings. The molecule has 2 aromatic rings.